The number of hydrogen-bond acceptors (Lipinski definition) is 5. The van der Waals surface area contributed by atoms with Crippen LogP contribution in [0.1, 0.15) is 55.2 Å². The summed E-state index contributed by atoms with van der Waals surface area (Å²) in [5.41, 5.74) is 3.94. The van der Waals surface area contributed by atoms with Gasteiger partial charge in [-0.3, -0.25) is 4.90 Å². The van der Waals surface area contributed by atoms with Crippen LogP contribution in [0, 0.1) is 24.2 Å². The number of nitrogens with zero attached hydrogens (tertiary/aromatic N) is 1. The van der Waals surface area contributed by atoms with Gasteiger partial charge in [-0.25, -0.2) is 4.79 Å². The molecule has 5 fully saturated rings. The molecule has 0 unspecified atom stereocenters. The van der Waals surface area contributed by atoms with E-state index < -0.39 is 5.60 Å². The van der Waals surface area contributed by atoms with Gasteiger partial charge >= 0.3 is 6.03 Å². The zero-order valence-electron chi connectivity index (χ0n) is 23.0. The van der Waals surface area contributed by atoms with Gasteiger partial charge in [-0.05, 0) is 93.7 Å². The number of phenolic OH excluding ortho intramolecular Hbond substituents is 1. The second-order valence-corrected chi connectivity index (χ2v) is 13.2. The number of hydrogen-bond donors (Lipinski definition) is 3. The molecular weight excluding hydrogens is 490 g/mol. The highest BCUT2D eigenvalue weighted by molar-refractivity contribution is 5.89. The fourth-order valence-electron chi connectivity index (χ4n) is 9.90. The van der Waals surface area contributed by atoms with Crippen LogP contribution >= 0.6 is 0 Å². The Balaban J connectivity index is 1.16. The van der Waals surface area contributed by atoms with Gasteiger partial charge in [0.2, 0.25) is 0 Å². The van der Waals surface area contributed by atoms with Crippen molar-refractivity contribution >= 4 is 11.7 Å². The number of anilines is 1. The number of benzene rings is 2. The highest BCUT2D eigenvalue weighted by Crippen LogP contribution is 2.76. The van der Waals surface area contributed by atoms with Gasteiger partial charge in [0.25, 0.3) is 0 Å². The fourth-order valence-corrected chi connectivity index (χ4v) is 9.90. The minimum absolute atomic E-state index is 0.0521. The molecule has 7 aliphatic rings. The molecule has 0 aromatic heterocycles. The summed E-state index contributed by atoms with van der Waals surface area (Å²) in [7, 11) is 1.82. The Bertz CT molecular complexity index is 1360. The lowest BCUT2D eigenvalue weighted by Gasteiger charge is -2.74. The Labute approximate surface area is 230 Å². The van der Waals surface area contributed by atoms with E-state index in [0.29, 0.717) is 18.3 Å². The molecule has 2 amide bonds. The highest BCUT2D eigenvalue weighted by Gasteiger charge is 2.80. The number of likely N-dealkylation sites (tertiary alicyclic amines) is 1. The van der Waals surface area contributed by atoms with E-state index in [1.807, 2.05) is 44.4 Å². The third-order valence-corrected chi connectivity index (χ3v) is 11.6. The number of aryl methyl sites for hydroxylation is 1. The van der Waals surface area contributed by atoms with E-state index in [0.717, 1.165) is 55.8 Å². The summed E-state index contributed by atoms with van der Waals surface area (Å²) in [6.45, 7) is 4.84. The number of nitrogens with one attached hydrogen (secondary N) is 2. The smallest absolute Gasteiger partial charge is 0.319 e. The zero-order valence-corrected chi connectivity index (χ0v) is 23.0. The number of piperidine rings is 1. The Morgan fingerprint density at radius 3 is 2.87 bits per heavy atom. The van der Waals surface area contributed by atoms with Crippen LogP contribution in [-0.4, -0.2) is 60.5 Å². The molecule has 3 N–H and O–H groups in total. The van der Waals surface area contributed by atoms with Crippen LogP contribution in [-0.2, 0) is 16.6 Å². The molecule has 0 radical (unpaired) electrons. The predicted molar refractivity (Wildman–Crippen MR) is 148 cm³/mol. The molecule has 4 bridgehead atoms. The number of carbonyl (C=O) groups is 1. The van der Waals surface area contributed by atoms with E-state index in [9.17, 15) is 9.90 Å². The van der Waals surface area contributed by atoms with Crippen LogP contribution in [0.2, 0.25) is 0 Å². The molecule has 4 saturated carbocycles. The molecule has 9 rings (SSSR count). The van der Waals surface area contributed by atoms with Crippen molar-refractivity contribution in [3.05, 3.63) is 53.1 Å². The first-order chi connectivity index (χ1) is 18.9. The first-order valence-electron chi connectivity index (χ1n) is 14.8. The number of amides is 2. The third kappa shape index (κ3) is 3.09. The van der Waals surface area contributed by atoms with Gasteiger partial charge in [-0.15, -0.1) is 0 Å². The Morgan fingerprint density at radius 2 is 2.08 bits per heavy atom. The van der Waals surface area contributed by atoms with Crippen LogP contribution in [0.3, 0.4) is 0 Å². The van der Waals surface area contributed by atoms with E-state index in [1.54, 1.807) is 0 Å². The lowest BCUT2D eigenvalue weighted by atomic mass is 9.35. The summed E-state index contributed by atoms with van der Waals surface area (Å²) in [5, 5.41) is 17.2. The molecule has 1 saturated heterocycles. The number of rotatable bonds is 6. The van der Waals surface area contributed by atoms with Crippen molar-refractivity contribution in [1.82, 2.24) is 10.2 Å². The molecule has 2 aromatic carbocycles. The summed E-state index contributed by atoms with van der Waals surface area (Å²) in [6.07, 6.45) is 7.65. The molecule has 2 aliphatic heterocycles. The van der Waals surface area contributed by atoms with E-state index >= 15 is 0 Å². The molecule has 2 spiro atoms. The minimum atomic E-state index is -0.512. The van der Waals surface area contributed by atoms with Crippen molar-refractivity contribution in [2.45, 2.75) is 75.0 Å². The minimum Gasteiger partial charge on any atom is -0.504 e. The number of phenols is 1. The number of ether oxygens (including phenoxy) is 2. The summed E-state index contributed by atoms with van der Waals surface area (Å²) < 4.78 is 13.4. The Kier molecular flexibility index (Phi) is 5.02. The van der Waals surface area contributed by atoms with Crippen molar-refractivity contribution in [2.75, 3.05) is 32.1 Å². The molecule has 7 nitrogen and oxygen atoms in total. The van der Waals surface area contributed by atoms with Gasteiger partial charge in [0.1, 0.15) is 11.7 Å². The van der Waals surface area contributed by atoms with E-state index in [2.05, 4.69) is 21.6 Å². The molecule has 7 heteroatoms. The lowest BCUT2D eigenvalue weighted by molar-refractivity contribution is -0.275. The zero-order chi connectivity index (χ0) is 26.6. The summed E-state index contributed by atoms with van der Waals surface area (Å²) >= 11 is 0. The van der Waals surface area contributed by atoms with E-state index in [4.69, 9.17) is 9.47 Å². The van der Waals surface area contributed by atoms with Crippen molar-refractivity contribution in [3.63, 3.8) is 0 Å². The van der Waals surface area contributed by atoms with Crippen LogP contribution in [0.4, 0.5) is 10.5 Å². The Hall–Kier alpha value is -2.77. The maximum absolute atomic E-state index is 13.0. The predicted octanol–water partition coefficient (Wildman–Crippen LogP) is 4.75. The molecule has 6 atom stereocenters. The summed E-state index contributed by atoms with van der Waals surface area (Å²) in [6, 6.07) is 12.1. The topological polar surface area (TPSA) is 83.1 Å². The van der Waals surface area contributed by atoms with Gasteiger partial charge in [0, 0.05) is 54.2 Å². The van der Waals surface area contributed by atoms with Crippen molar-refractivity contribution in [3.8, 4) is 11.5 Å². The van der Waals surface area contributed by atoms with Gasteiger partial charge in [0.05, 0.1) is 0 Å². The van der Waals surface area contributed by atoms with Crippen molar-refractivity contribution in [1.29, 1.82) is 0 Å². The molecule has 206 valence electrons. The first kappa shape index (κ1) is 24.1. The maximum Gasteiger partial charge on any atom is 0.319 e. The molecule has 2 heterocycles. The summed E-state index contributed by atoms with van der Waals surface area (Å²) in [4.78, 5) is 15.8. The van der Waals surface area contributed by atoms with Gasteiger partial charge < -0.3 is 25.2 Å². The largest absolute Gasteiger partial charge is 0.504 e. The third-order valence-electron chi connectivity index (χ3n) is 11.6. The standard InChI is InChI=1S/C32H39N3O4/c1-19-4-3-5-23(14-19)34-29(37)33-17-22-16-30-10-11-32(22,38-2)28-31(30)12-13-35(18-20-6-7-20)25(30)15-21-8-9-24(36)27(39-28)26(21)31/h3-5,8-9,14,20,22,25,28,36H,6-7,10-13,15-18H2,1-2H3,(H2,33,34,37)/t22-,25-,28-,30-,31+,32-/m1/s1. The normalized spacial score (nSPS) is 37.2. The quantitative estimate of drug-likeness (QED) is 0.503. The van der Waals surface area contributed by atoms with Crippen LogP contribution in [0.15, 0.2) is 36.4 Å². The number of urea groups is 1. The number of methoxy groups -OCH3 is 1. The highest BCUT2D eigenvalue weighted by atomic mass is 16.6. The first-order valence-corrected chi connectivity index (χ1v) is 14.8. The maximum atomic E-state index is 13.0. The van der Waals surface area contributed by atoms with Crippen molar-refractivity contribution < 1.29 is 19.4 Å². The SMILES string of the molecule is CO[C@]12CC[C@@]3(C[C@@H]1CNC(=O)Nc1cccc(C)c1)[C@H]1Cc4ccc(O)c5c4[C@@]3(CCN1CC1CC1)[C@H]2O5. The lowest BCUT2D eigenvalue weighted by Crippen LogP contribution is -2.81. The van der Waals surface area contributed by atoms with Crippen molar-refractivity contribution in [2.24, 2.45) is 17.3 Å². The second-order valence-electron chi connectivity index (χ2n) is 13.2. The number of carbonyl (C=O) groups excluding carboxylic acids is 1. The molecule has 5 aliphatic carbocycles. The molecule has 39 heavy (non-hydrogen) atoms. The monoisotopic (exact) mass is 529 g/mol. The Morgan fingerprint density at radius 1 is 1.21 bits per heavy atom. The number of aromatic hydroxyl groups is 1. The second kappa shape index (κ2) is 8.14. The fraction of sp³-hybridized carbons (Fsp3) is 0.594. The molecule has 2 aromatic rings. The van der Waals surface area contributed by atoms with E-state index in [-0.39, 0.29) is 34.6 Å². The van der Waals surface area contributed by atoms with Gasteiger partial charge in [0.15, 0.2) is 11.5 Å². The average molecular weight is 530 g/mol. The van der Waals surface area contributed by atoms with Crippen LogP contribution < -0.4 is 15.4 Å². The van der Waals surface area contributed by atoms with Gasteiger partial charge in [-0.1, -0.05) is 18.2 Å². The van der Waals surface area contributed by atoms with Crippen LogP contribution in [0.25, 0.3) is 0 Å². The summed E-state index contributed by atoms with van der Waals surface area (Å²) in [5.74, 6) is 1.92. The van der Waals surface area contributed by atoms with E-state index in [1.165, 1.54) is 30.5 Å². The number of fused-ring (bicyclic) bond motifs is 2. The van der Waals surface area contributed by atoms with Gasteiger partial charge in [-0.2, -0.15) is 0 Å². The molecular formula is C32H39N3O4. The average Bonchev–Trinajstić information content (AvgIpc) is 3.67. The van der Waals surface area contributed by atoms with Crippen LogP contribution in [0.5, 0.6) is 11.5 Å².